The number of rotatable bonds is 3. The summed E-state index contributed by atoms with van der Waals surface area (Å²) in [6, 6.07) is 15.4. The molecule has 0 amide bonds. The molecule has 1 atom stereocenters. The highest BCUT2D eigenvalue weighted by molar-refractivity contribution is 6.30. The fourth-order valence-electron chi connectivity index (χ4n) is 3.12. The van der Waals surface area contributed by atoms with Crippen LogP contribution < -0.4 is 0 Å². The normalized spacial score (nSPS) is 23.5. The molecule has 0 spiro atoms. The van der Waals surface area contributed by atoms with Crippen molar-refractivity contribution in [2.45, 2.75) is 31.1 Å². The zero-order valence-electron chi connectivity index (χ0n) is 13.4. The number of ether oxygens (including phenoxy) is 2. The van der Waals surface area contributed by atoms with Crippen LogP contribution >= 0.6 is 23.2 Å². The molecule has 0 bridgehead atoms. The number of epoxide rings is 1. The third kappa shape index (κ3) is 2.61. The van der Waals surface area contributed by atoms with Crippen molar-refractivity contribution in [1.29, 1.82) is 0 Å². The topological polar surface area (TPSA) is 34.1 Å². The van der Waals surface area contributed by atoms with Crippen LogP contribution in [0.15, 0.2) is 53.5 Å². The fourth-order valence-corrected chi connectivity index (χ4v) is 3.38. The van der Waals surface area contributed by atoms with Crippen molar-refractivity contribution < 1.29 is 9.47 Å². The molecule has 2 aromatic rings. The lowest BCUT2D eigenvalue weighted by molar-refractivity contribution is 0.265. The Morgan fingerprint density at radius 2 is 1.42 bits per heavy atom. The van der Waals surface area contributed by atoms with E-state index in [0.29, 0.717) is 22.5 Å². The number of hydrogen-bond acceptors (Lipinski definition) is 3. The Kier molecular flexibility index (Phi) is 3.64. The van der Waals surface area contributed by atoms with E-state index in [-0.39, 0.29) is 11.6 Å². The molecule has 0 radical (unpaired) electrons. The minimum absolute atomic E-state index is 0.215. The molecule has 1 saturated heterocycles. The average Bonchev–Trinajstić information content (AvgIpc) is 3.20. The number of halogens is 2. The zero-order valence-corrected chi connectivity index (χ0v) is 14.9. The summed E-state index contributed by atoms with van der Waals surface area (Å²) in [6.45, 7) is 4.67. The number of benzene rings is 2. The van der Waals surface area contributed by atoms with Gasteiger partial charge < -0.3 is 9.47 Å². The second-order valence-electron chi connectivity index (χ2n) is 6.80. The summed E-state index contributed by atoms with van der Waals surface area (Å²) in [5, 5.41) is 1.38. The molecule has 2 aromatic carbocycles. The van der Waals surface area contributed by atoms with Crippen LogP contribution in [-0.2, 0) is 15.1 Å². The standard InChI is InChI=1S/C19H17Cl2NO2/c1-18(2)11-23-17(22-18)16-19(24-16,12-3-7-14(20)8-4-12)13-5-9-15(21)10-6-13/h3-10,16H,11H2,1-2H3/t16-/m0/s1. The molecular formula is C19H17Cl2NO2. The second-order valence-corrected chi connectivity index (χ2v) is 7.67. The van der Waals surface area contributed by atoms with Crippen molar-refractivity contribution >= 4 is 29.1 Å². The zero-order chi connectivity index (χ0) is 16.9. The predicted molar refractivity (Wildman–Crippen MR) is 96.0 cm³/mol. The molecule has 0 aliphatic carbocycles. The van der Waals surface area contributed by atoms with Crippen molar-refractivity contribution in [3.8, 4) is 0 Å². The summed E-state index contributed by atoms with van der Waals surface area (Å²) >= 11 is 12.1. The Balaban J connectivity index is 1.78. The second kappa shape index (κ2) is 5.48. The maximum Gasteiger partial charge on any atom is 0.218 e. The van der Waals surface area contributed by atoms with Gasteiger partial charge in [-0.2, -0.15) is 0 Å². The summed E-state index contributed by atoms with van der Waals surface area (Å²) < 4.78 is 12.0. The van der Waals surface area contributed by atoms with Gasteiger partial charge in [0.15, 0.2) is 11.7 Å². The Labute approximate surface area is 151 Å². The van der Waals surface area contributed by atoms with Crippen molar-refractivity contribution in [3.05, 3.63) is 69.7 Å². The van der Waals surface area contributed by atoms with E-state index in [0.717, 1.165) is 11.1 Å². The van der Waals surface area contributed by atoms with Gasteiger partial charge >= 0.3 is 0 Å². The number of hydrogen-bond donors (Lipinski definition) is 0. The van der Waals surface area contributed by atoms with E-state index >= 15 is 0 Å². The molecule has 0 N–H and O–H groups in total. The Bertz CT molecular complexity index is 752. The van der Waals surface area contributed by atoms with Crippen molar-refractivity contribution in [3.63, 3.8) is 0 Å². The minimum Gasteiger partial charge on any atom is -0.476 e. The van der Waals surface area contributed by atoms with Crippen LogP contribution in [0.1, 0.15) is 25.0 Å². The van der Waals surface area contributed by atoms with E-state index in [1.165, 1.54) is 0 Å². The number of nitrogens with zero attached hydrogens (tertiary/aromatic N) is 1. The summed E-state index contributed by atoms with van der Waals surface area (Å²) in [5.41, 5.74) is 1.23. The van der Waals surface area contributed by atoms with Gasteiger partial charge in [-0.25, -0.2) is 4.99 Å². The van der Waals surface area contributed by atoms with Gasteiger partial charge in [0.25, 0.3) is 0 Å². The first-order chi connectivity index (χ1) is 11.4. The van der Waals surface area contributed by atoms with Crippen LogP contribution in [0.25, 0.3) is 0 Å². The Morgan fingerprint density at radius 3 is 1.83 bits per heavy atom. The van der Waals surface area contributed by atoms with Crippen molar-refractivity contribution in [2.24, 2.45) is 4.99 Å². The van der Waals surface area contributed by atoms with Gasteiger partial charge in [-0.05, 0) is 49.2 Å². The molecule has 0 aromatic heterocycles. The monoisotopic (exact) mass is 361 g/mol. The van der Waals surface area contributed by atoms with Crippen LogP contribution in [0, 0.1) is 0 Å². The molecule has 0 unspecified atom stereocenters. The predicted octanol–water partition coefficient (Wildman–Crippen LogP) is 4.84. The molecule has 2 aliphatic heterocycles. The summed E-state index contributed by atoms with van der Waals surface area (Å²) in [7, 11) is 0. The SMILES string of the molecule is CC1(C)COC([C@@H]2OC2(c2ccc(Cl)cc2)c2ccc(Cl)cc2)=N1. The van der Waals surface area contributed by atoms with E-state index < -0.39 is 5.60 Å². The largest absolute Gasteiger partial charge is 0.476 e. The van der Waals surface area contributed by atoms with Gasteiger partial charge in [0.05, 0.1) is 5.54 Å². The van der Waals surface area contributed by atoms with Crippen molar-refractivity contribution in [1.82, 2.24) is 0 Å². The maximum atomic E-state index is 6.19. The van der Waals surface area contributed by atoms with E-state index in [2.05, 4.69) is 18.8 Å². The van der Waals surface area contributed by atoms with Crippen LogP contribution in [0.5, 0.6) is 0 Å². The molecule has 124 valence electrons. The van der Waals surface area contributed by atoms with Crippen LogP contribution in [0.3, 0.4) is 0 Å². The Hall–Kier alpha value is -1.55. The lowest BCUT2D eigenvalue weighted by atomic mass is 9.88. The molecule has 2 aliphatic rings. The highest BCUT2D eigenvalue weighted by Gasteiger charge is 2.63. The molecule has 4 rings (SSSR count). The van der Waals surface area contributed by atoms with Crippen LogP contribution in [-0.4, -0.2) is 24.1 Å². The highest BCUT2D eigenvalue weighted by Crippen LogP contribution is 2.53. The maximum absolute atomic E-state index is 6.19. The van der Waals surface area contributed by atoms with Crippen molar-refractivity contribution in [2.75, 3.05) is 6.61 Å². The highest BCUT2D eigenvalue weighted by atomic mass is 35.5. The molecule has 1 fully saturated rings. The third-order valence-corrected chi connectivity index (χ3v) is 4.88. The Morgan fingerprint density at radius 1 is 0.917 bits per heavy atom. The van der Waals surface area contributed by atoms with Gasteiger partial charge in [0, 0.05) is 10.0 Å². The smallest absolute Gasteiger partial charge is 0.218 e. The lowest BCUT2D eigenvalue weighted by Gasteiger charge is -2.14. The first-order valence-electron chi connectivity index (χ1n) is 7.83. The summed E-state index contributed by atoms with van der Waals surface area (Å²) in [6.07, 6.45) is -0.235. The molecule has 0 saturated carbocycles. The third-order valence-electron chi connectivity index (χ3n) is 4.37. The first kappa shape index (κ1) is 15.9. The molecule has 24 heavy (non-hydrogen) atoms. The van der Waals surface area contributed by atoms with Gasteiger partial charge in [0.1, 0.15) is 6.61 Å². The van der Waals surface area contributed by atoms with Crippen LogP contribution in [0.4, 0.5) is 0 Å². The van der Waals surface area contributed by atoms with E-state index in [4.69, 9.17) is 32.7 Å². The van der Waals surface area contributed by atoms with Crippen LogP contribution in [0.2, 0.25) is 10.0 Å². The van der Waals surface area contributed by atoms with E-state index in [9.17, 15) is 0 Å². The van der Waals surface area contributed by atoms with E-state index in [1.54, 1.807) is 0 Å². The molecular weight excluding hydrogens is 345 g/mol. The van der Waals surface area contributed by atoms with Gasteiger partial charge in [-0.3, -0.25) is 0 Å². The van der Waals surface area contributed by atoms with Gasteiger partial charge in [-0.1, -0.05) is 47.5 Å². The average molecular weight is 362 g/mol. The fraction of sp³-hybridized carbons (Fsp3) is 0.316. The first-order valence-corrected chi connectivity index (χ1v) is 8.59. The molecule has 5 heteroatoms. The van der Waals surface area contributed by atoms with E-state index in [1.807, 2.05) is 48.5 Å². The molecule has 3 nitrogen and oxygen atoms in total. The quantitative estimate of drug-likeness (QED) is 0.732. The summed E-state index contributed by atoms with van der Waals surface area (Å²) in [4.78, 5) is 4.68. The minimum atomic E-state index is -0.603. The van der Waals surface area contributed by atoms with Gasteiger partial charge in [-0.15, -0.1) is 0 Å². The summed E-state index contributed by atoms with van der Waals surface area (Å²) in [5.74, 6) is 0.657. The number of aliphatic imine (C=N–C) groups is 1. The molecule has 2 heterocycles. The van der Waals surface area contributed by atoms with Gasteiger partial charge in [0.2, 0.25) is 5.90 Å². The lowest BCUT2D eigenvalue weighted by Crippen LogP contribution is -2.21.